The molecule has 2 rings (SSSR count). The largest absolute Gasteiger partial charge is 0.408 e. The minimum atomic E-state index is -3.04. The first-order chi connectivity index (χ1) is 7.39. The zero-order valence-electron chi connectivity index (χ0n) is 8.04. The van der Waals surface area contributed by atoms with Crippen LogP contribution in [0.4, 0.5) is 5.82 Å². The van der Waals surface area contributed by atoms with Crippen LogP contribution in [-0.2, 0) is 9.84 Å². The molecule has 0 N–H and O–H groups in total. The van der Waals surface area contributed by atoms with Gasteiger partial charge in [-0.05, 0) is 11.3 Å². The van der Waals surface area contributed by atoms with Gasteiger partial charge in [-0.15, -0.1) is 0 Å². The average molecular weight is 266 g/mol. The van der Waals surface area contributed by atoms with E-state index < -0.39 is 20.6 Å². The fraction of sp³-hybridized carbons (Fsp3) is 0.571. The Hall–Kier alpha value is -1.15. The molecule has 1 saturated heterocycles. The van der Waals surface area contributed by atoms with Crippen molar-refractivity contribution in [1.82, 2.24) is 9.78 Å². The number of hydrogen-bond acceptors (Lipinski definition) is 5. The number of halogens is 1. The van der Waals surface area contributed by atoms with Gasteiger partial charge in [-0.2, -0.15) is 4.68 Å². The van der Waals surface area contributed by atoms with Crippen molar-refractivity contribution in [2.75, 3.05) is 11.5 Å². The molecule has 0 amide bonds. The Morgan fingerprint density at radius 3 is 2.75 bits per heavy atom. The molecule has 0 aromatic carbocycles. The molecular formula is C7H8ClN3O4S. The van der Waals surface area contributed by atoms with Crippen LogP contribution in [0.3, 0.4) is 0 Å². The summed E-state index contributed by atoms with van der Waals surface area (Å²) in [6.07, 6.45) is 1.71. The maximum atomic E-state index is 11.2. The zero-order chi connectivity index (χ0) is 11.9. The van der Waals surface area contributed by atoms with Crippen molar-refractivity contribution in [1.29, 1.82) is 0 Å². The number of nitro groups is 1. The van der Waals surface area contributed by atoms with Crippen LogP contribution in [0.2, 0.25) is 5.02 Å². The fourth-order valence-electron chi connectivity index (χ4n) is 1.65. The number of rotatable bonds is 2. The molecule has 1 aromatic heterocycles. The fourth-order valence-corrected chi connectivity index (χ4v) is 3.56. The summed E-state index contributed by atoms with van der Waals surface area (Å²) in [5, 5.41) is 14.1. The van der Waals surface area contributed by atoms with Crippen LogP contribution in [0.15, 0.2) is 6.20 Å². The van der Waals surface area contributed by atoms with Gasteiger partial charge in [-0.3, -0.25) is 0 Å². The van der Waals surface area contributed by atoms with Crippen molar-refractivity contribution in [2.45, 2.75) is 12.5 Å². The number of nitrogens with zero attached hydrogens (tertiary/aromatic N) is 3. The van der Waals surface area contributed by atoms with Crippen molar-refractivity contribution in [3.8, 4) is 0 Å². The van der Waals surface area contributed by atoms with E-state index in [2.05, 4.69) is 5.10 Å². The van der Waals surface area contributed by atoms with Crippen LogP contribution >= 0.6 is 11.6 Å². The van der Waals surface area contributed by atoms with Crippen molar-refractivity contribution in [2.24, 2.45) is 0 Å². The Kier molecular flexibility index (Phi) is 2.62. The van der Waals surface area contributed by atoms with Crippen LogP contribution < -0.4 is 0 Å². The summed E-state index contributed by atoms with van der Waals surface area (Å²) in [5.74, 6) is -0.392. The minimum Gasteiger partial charge on any atom is -0.358 e. The van der Waals surface area contributed by atoms with Gasteiger partial charge in [-0.1, -0.05) is 11.6 Å². The average Bonchev–Trinajstić information content (AvgIpc) is 2.69. The molecule has 9 heteroatoms. The molecule has 2 heterocycles. The summed E-state index contributed by atoms with van der Waals surface area (Å²) in [7, 11) is -3.04. The van der Waals surface area contributed by atoms with Gasteiger partial charge in [0.05, 0.1) is 28.8 Å². The van der Waals surface area contributed by atoms with Gasteiger partial charge in [0, 0.05) is 0 Å². The monoisotopic (exact) mass is 265 g/mol. The Bertz CT molecular complexity index is 538. The standard InChI is InChI=1S/C7H8ClN3O4S/c8-6-3-10(9-7(6)11(12)13)5-1-2-16(14,15)4-5/h3,5H,1-2,4H2. The molecule has 0 saturated carbocycles. The van der Waals surface area contributed by atoms with E-state index in [0.717, 1.165) is 0 Å². The SMILES string of the molecule is O=[N+]([O-])c1nn(C2CCS(=O)(=O)C2)cc1Cl. The second-order valence-corrected chi connectivity index (χ2v) is 6.23. The van der Waals surface area contributed by atoms with Gasteiger partial charge < -0.3 is 10.1 Å². The smallest absolute Gasteiger partial charge is 0.358 e. The molecule has 1 unspecified atom stereocenters. The minimum absolute atomic E-state index is 0.0395. The first kappa shape index (κ1) is 11.3. The lowest BCUT2D eigenvalue weighted by atomic mass is 10.3. The van der Waals surface area contributed by atoms with Crippen LogP contribution in [0.25, 0.3) is 0 Å². The maximum absolute atomic E-state index is 11.2. The second-order valence-electron chi connectivity index (χ2n) is 3.59. The van der Waals surface area contributed by atoms with Gasteiger partial charge >= 0.3 is 5.82 Å². The molecule has 1 fully saturated rings. The van der Waals surface area contributed by atoms with Gasteiger partial charge in [0.25, 0.3) is 0 Å². The normalized spacial score (nSPS) is 23.4. The van der Waals surface area contributed by atoms with E-state index >= 15 is 0 Å². The van der Waals surface area contributed by atoms with Gasteiger partial charge in [0.2, 0.25) is 0 Å². The third kappa shape index (κ3) is 2.03. The zero-order valence-corrected chi connectivity index (χ0v) is 9.61. The summed E-state index contributed by atoms with van der Waals surface area (Å²) in [6, 6.07) is -0.351. The molecule has 0 bridgehead atoms. The molecule has 7 nitrogen and oxygen atoms in total. The first-order valence-corrected chi connectivity index (χ1v) is 6.68. The molecular weight excluding hydrogens is 258 g/mol. The lowest BCUT2D eigenvalue weighted by Gasteiger charge is -2.01. The van der Waals surface area contributed by atoms with Gasteiger partial charge in [0.1, 0.15) is 0 Å². The molecule has 1 atom stereocenters. The number of hydrogen-bond donors (Lipinski definition) is 0. The number of sulfone groups is 1. The molecule has 88 valence electrons. The van der Waals surface area contributed by atoms with E-state index in [0.29, 0.717) is 6.42 Å². The Balaban J connectivity index is 2.30. The van der Waals surface area contributed by atoms with Crippen molar-refractivity contribution in [3.63, 3.8) is 0 Å². The highest BCUT2D eigenvalue weighted by atomic mass is 35.5. The van der Waals surface area contributed by atoms with E-state index in [9.17, 15) is 18.5 Å². The third-order valence-electron chi connectivity index (χ3n) is 2.42. The maximum Gasteiger partial charge on any atom is 0.408 e. The van der Waals surface area contributed by atoms with Crippen molar-refractivity contribution >= 4 is 27.3 Å². The van der Waals surface area contributed by atoms with Crippen LogP contribution in [0, 0.1) is 10.1 Å². The summed E-state index contributed by atoms with van der Waals surface area (Å²) in [6.45, 7) is 0. The molecule has 1 aromatic rings. The summed E-state index contributed by atoms with van der Waals surface area (Å²) < 4.78 is 23.7. The van der Waals surface area contributed by atoms with Crippen LogP contribution in [0.1, 0.15) is 12.5 Å². The molecule has 1 aliphatic rings. The predicted octanol–water partition coefficient (Wildman–Crippen LogP) is 0.804. The number of aromatic nitrogens is 2. The molecule has 16 heavy (non-hydrogen) atoms. The van der Waals surface area contributed by atoms with E-state index in [1.54, 1.807) is 0 Å². The quantitative estimate of drug-likeness (QED) is 0.582. The summed E-state index contributed by atoms with van der Waals surface area (Å²) in [5.41, 5.74) is 0. The highest BCUT2D eigenvalue weighted by molar-refractivity contribution is 7.91. The highest BCUT2D eigenvalue weighted by Gasteiger charge is 2.33. The summed E-state index contributed by atoms with van der Waals surface area (Å²) >= 11 is 5.61. The Labute approximate surface area is 96.1 Å². The van der Waals surface area contributed by atoms with Crippen LogP contribution in [-0.4, -0.2) is 34.6 Å². The topological polar surface area (TPSA) is 95.1 Å². The molecule has 0 aliphatic carbocycles. The third-order valence-corrected chi connectivity index (χ3v) is 4.44. The highest BCUT2D eigenvalue weighted by Crippen LogP contribution is 2.28. The first-order valence-electron chi connectivity index (χ1n) is 4.48. The van der Waals surface area contributed by atoms with Crippen molar-refractivity contribution < 1.29 is 13.3 Å². The lowest BCUT2D eigenvalue weighted by Crippen LogP contribution is -2.11. The lowest BCUT2D eigenvalue weighted by molar-refractivity contribution is -0.389. The Morgan fingerprint density at radius 1 is 1.62 bits per heavy atom. The van der Waals surface area contributed by atoms with E-state index in [4.69, 9.17) is 11.6 Å². The molecule has 1 aliphatic heterocycles. The molecule has 0 spiro atoms. The molecule has 0 radical (unpaired) electrons. The van der Waals surface area contributed by atoms with Gasteiger partial charge in [-0.25, -0.2) is 8.42 Å². The summed E-state index contributed by atoms with van der Waals surface area (Å²) in [4.78, 5) is 9.81. The van der Waals surface area contributed by atoms with E-state index in [-0.39, 0.29) is 22.6 Å². The predicted molar refractivity (Wildman–Crippen MR) is 56.2 cm³/mol. The van der Waals surface area contributed by atoms with E-state index in [1.807, 2.05) is 0 Å². The van der Waals surface area contributed by atoms with Crippen molar-refractivity contribution in [3.05, 3.63) is 21.3 Å². The second kappa shape index (κ2) is 3.70. The van der Waals surface area contributed by atoms with Crippen LogP contribution in [0.5, 0.6) is 0 Å². The van der Waals surface area contributed by atoms with Gasteiger partial charge in [0.15, 0.2) is 14.9 Å². The van der Waals surface area contributed by atoms with E-state index in [1.165, 1.54) is 10.9 Å². The Morgan fingerprint density at radius 2 is 2.31 bits per heavy atom.